The Kier molecular flexibility index (Phi) is 4.90. The van der Waals surface area contributed by atoms with Crippen LogP contribution in [0.15, 0.2) is 11.1 Å². The van der Waals surface area contributed by atoms with E-state index in [1.165, 1.54) is 17.8 Å². The van der Waals surface area contributed by atoms with Crippen LogP contribution in [0.4, 0.5) is 0 Å². The van der Waals surface area contributed by atoms with Crippen LogP contribution in [0.2, 0.25) is 5.02 Å². The van der Waals surface area contributed by atoms with Gasteiger partial charge in [-0.2, -0.15) is 0 Å². The third-order valence-corrected chi connectivity index (χ3v) is 9.91. The van der Waals surface area contributed by atoms with Crippen molar-refractivity contribution >= 4 is 44.5 Å². The lowest BCUT2D eigenvalue weighted by atomic mass is 9.85. The van der Waals surface area contributed by atoms with E-state index in [-0.39, 0.29) is 17.5 Å². The van der Waals surface area contributed by atoms with E-state index in [0.717, 1.165) is 12.8 Å². The molecular weight excluding hydrogens is 394 g/mol. The minimum atomic E-state index is -3.52. The van der Waals surface area contributed by atoms with E-state index in [2.05, 4.69) is 10.3 Å². The molecule has 0 spiro atoms. The fourth-order valence-electron chi connectivity index (χ4n) is 3.13. The number of halogens is 1. The molecule has 9 heteroatoms. The highest BCUT2D eigenvalue weighted by atomic mass is 35.5. The summed E-state index contributed by atoms with van der Waals surface area (Å²) in [7, 11) is -3.52. The molecule has 0 radical (unpaired) electrons. The number of rotatable bonds is 4. The largest absolute Gasteiger partial charge is 0.386 e. The molecule has 0 bridgehead atoms. The number of thiophene rings is 1. The molecule has 1 aliphatic carbocycles. The Hall–Kier alpha value is -1.12. The number of amides is 1. The Morgan fingerprint density at radius 2 is 2.08 bits per heavy atom. The molecule has 1 unspecified atom stereocenters. The van der Waals surface area contributed by atoms with Crippen molar-refractivity contribution in [3.05, 3.63) is 20.8 Å². The van der Waals surface area contributed by atoms with E-state index in [9.17, 15) is 13.2 Å². The molecule has 1 aliphatic heterocycles. The second-order valence-electron chi connectivity index (χ2n) is 7.83. The monoisotopic (exact) mass is 417 g/mol. The Morgan fingerprint density at radius 1 is 1.42 bits per heavy atom. The number of nitrogens with zero attached hydrogens (tertiary/aromatic N) is 1. The van der Waals surface area contributed by atoms with Gasteiger partial charge in [-0.05, 0) is 45.6 Å². The number of carbonyl (C=O) groups is 1. The van der Waals surface area contributed by atoms with Crippen molar-refractivity contribution in [2.24, 2.45) is 16.6 Å². The number of hydrogen-bond donors (Lipinski definition) is 2. The highest BCUT2D eigenvalue weighted by Crippen LogP contribution is 2.43. The lowest BCUT2D eigenvalue weighted by Crippen LogP contribution is -2.54. The van der Waals surface area contributed by atoms with Crippen molar-refractivity contribution in [1.82, 2.24) is 5.32 Å². The van der Waals surface area contributed by atoms with Crippen molar-refractivity contribution in [2.45, 2.75) is 50.3 Å². The van der Waals surface area contributed by atoms with Crippen LogP contribution >= 0.6 is 22.9 Å². The van der Waals surface area contributed by atoms with Gasteiger partial charge in [0.15, 0.2) is 9.84 Å². The molecule has 1 saturated carbocycles. The Bertz CT molecular complexity index is 872. The lowest BCUT2D eigenvalue weighted by molar-refractivity contribution is 0.0943. The quantitative estimate of drug-likeness (QED) is 0.786. The number of sulfone groups is 1. The van der Waals surface area contributed by atoms with Crippen molar-refractivity contribution in [3.63, 3.8) is 0 Å². The molecule has 2 aliphatic rings. The first-order chi connectivity index (χ1) is 12.0. The summed E-state index contributed by atoms with van der Waals surface area (Å²) >= 11 is 7.53. The summed E-state index contributed by atoms with van der Waals surface area (Å²) in [5.41, 5.74) is 4.88. The third kappa shape index (κ3) is 3.27. The second kappa shape index (κ2) is 6.49. The first-order valence-electron chi connectivity index (χ1n) is 8.62. The van der Waals surface area contributed by atoms with Crippen molar-refractivity contribution in [1.29, 1.82) is 0 Å². The molecule has 0 saturated heterocycles. The van der Waals surface area contributed by atoms with Gasteiger partial charge in [-0.1, -0.05) is 18.0 Å². The molecule has 1 amide bonds. The van der Waals surface area contributed by atoms with Crippen molar-refractivity contribution in [2.75, 3.05) is 12.3 Å². The normalized spacial score (nSPS) is 27.5. The van der Waals surface area contributed by atoms with Gasteiger partial charge >= 0.3 is 0 Å². The van der Waals surface area contributed by atoms with Crippen LogP contribution in [0.3, 0.4) is 0 Å². The molecule has 6 nitrogen and oxygen atoms in total. The first kappa shape index (κ1) is 19.6. The van der Waals surface area contributed by atoms with Crippen LogP contribution in [0.5, 0.6) is 0 Å². The van der Waals surface area contributed by atoms with Crippen LogP contribution < -0.4 is 11.1 Å². The number of amidine groups is 1. The van der Waals surface area contributed by atoms with E-state index in [0.29, 0.717) is 27.2 Å². The van der Waals surface area contributed by atoms with Crippen LogP contribution in [0.1, 0.15) is 54.6 Å². The predicted molar refractivity (Wildman–Crippen MR) is 106 cm³/mol. The van der Waals surface area contributed by atoms with Crippen molar-refractivity contribution in [3.8, 4) is 0 Å². The van der Waals surface area contributed by atoms with Crippen LogP contribution in [-0.2, 0) is 15.4 Å². The number of aliphatic imine (C=N–C) groups is 1. The molecule has 0 aromatic carbocycles. The number of nitrogens with two attached hydrogens (primary N) is 1. The van der Waals surface area contributed by atoms with Gasteiger partial charge in [0.1, 0.15) is 16.1 Å². The van der Waals surface area contributed by atoms with Crippen LogP contribution in [0.25, 0.3) is 0 Å². The van der Waals surface area contributed by atoms with Gasteiger partial charge in [-0.15, -0.1) is 11.3 Å². The van der Waals surface area contributed by atoms with Crippen molar-refractivity contribution < 1.29 is 13.2 Å². The minimum absolute atomic E-state index is 0.0618. The SMILES string of the molecule is CC1(c2sc(C(=O)NCC3CCC3)cc2Cl)CS(=O)(=O)C(C)(C)C(N)=N1. The summed E-state index contributed by atoms with van der Waals surface area (Å²) in [6, 6.07) is 1.58. The average Bonchev–Trinajstić information content (AvgIpc) is 2.86. The molecule has 2 heterocycles. The lowest BCUT2D eigenvalue weighted by Gasteiger charge is -2.37. The van der Waals surface area contributed by atoms with E-state index >= 15 is 0 Å². The summed E-state index contributed by atoms with van der Waals surface area (Å²) in [6.07, 6.45) is 3.52. The van der Waals surface area contributed by atoms with Gasteiger partial charge in [0.2, 0.25) is 0 Å². The number of nitrogens with one attached hydrogen (secondary N) is 1. The molecule has 26 heavy (non-hydrogen) atoms. The third-order valence-electron chi connectivity index (χ3n) is 5.41. The van der Waals surface area contributed by atoms with E-state index in [1.54, 1.807) is 26.8 Å². The molecular formula is C17H24ClN3O3S2. The maximum atomic E-state index is 12.7. The zero-order valence-electron chi connectivity index (χ0n) is 15.1. The molecule has 3 rings (SSSR count). The van der Waals surface area contributed by atoms with Gasteiger partial charge in [0.05, 0.1) is 20.5 Å². The maximum absolute atomic E-state index is 12.7. The van der Waals surface area contributed by atoms with E-state index in [4.69, 9.17) is 17.3 Å². The smallest absolute Gasteiger partial charge is 0.261 e. The van der Waals surface area contributed by atoms with Gasteiger partial charge in [-0.25, -0.2) is 8.42 Å². The number of hydrogen-bond acceptors (Lipinski definition) is 6. The second-order valence-corrected chi connectivity index (χ2v) is 11.8. The predicted octanol–water partition coefficient (Wildman–Crippen LogP) is 2.71. The molecule has 144 valence electrons. The van der Waals surface area contributed by atoms with E-state index < -0.39 is 20.1 Å². The fraction of sp³-hybridized carbons (Fsp3) is 0.647. The van der Waals surface area contributed by atoms with Gasteiger partial charge in [0, 0.05) is 6.54 Å². The fourth-order valence-corrected chi connectivity index (χ4v) is 6.44. The summed E-state index contributed by atoms with van der Waals surface area (Å²) in [5.74, 6) is 0.236. The number of carbonyl (C=O) groups excluding carboxylic acids is 1. The molecule has 1 fully saturated rings. The summed E-state index contributed by atoms with van der Waals surface area (Å²) in [6.45, 7) is 5.46. The zero-order chi connectivity index (χ0) is 19.3. The van der Waals surface area contributed by atoms with Crippen LogP contribution in [0, 0.1) is 5.92 Å². The molecule has 1 aromatic rings. The molecule has 1 aromatic heterocycles. The average molecular weight is 418 g/mol. The summed E-state index contributed by atoms with van der Waals surface area (Å²) in [4.78, 5) is 17.9. The Labute approximate surface area is 163 Å². The van der Waals surface area contributed by atoms with Gasteiger partial charge in [0.25, 0.3) is 5.91 Å². The van der Waals surface area contributed by atoms with Gasteiger partial charge in [-0.3, -0.25) is 9.79 Å². The highest BCUT2D eigenvalue weighted by molar-refractivity contribution is 7.93. The zero-order valence-corrected chi connectivity index (χ0v) is 17.5. The summed E-state index contributed by atoms with van der Waals surface area (Å²) in [5, 5.41) is 3.27. The Morgan fingerprint density at radius 3 is 2.62 bits per heavy atom. The molecule has 3 N–H and O–H groups in total. The Balaban J connectivity index is 1.88. The first-order valence-corrected chi connectivity index (χ1v) is 11.5. The highest BCUT2D eigenvalue weighted by Gasteiger charge is 2.50. The van der Waals surface area contributed by atoms with Crippen LogP contribution in [-0.4, -0.2) is 37.2 Å². The topological polar surface area (TPSA) is 102 Å². The van der Waals surface area contributed by atoms with Gasteiger partial charge < -0.3 is 11.1 Å². The van der Waals surface area contributed by atoms with E-state index in [1.807, 2.05) is 0 Å². The standard InChI is InChI=1S/C17H24ClN3O3S2/c1-16(2)15(19)21-17(3,9-26(16,23)24)13-11(18)7-12(25-13)14(22)20-8-10-5-4-6-10/h7,10H,4-6,8-9H2,1-3H3,(H2,19,21)(H,20,22). The summed E-state index contributed by atoms with van der Waals surface area (Å²) < 4.78 is 24.2. The maximum Gasteiger partial charge on any atom is 0.261 e. The molecule has 1 atom stereocenters. The minimum Gasteiger partial charge on any atom is -0.386 e.